The van der Waals surface area contributed by atoms with Crippen LogP contribution in [-0.2, 0) is 0 Å². The number of halogens is 1. The first-order valence-electron chi connectivity index (χ1n) is 6.21. The Morgan fingerprint density at radius 2 is 2.16 bits per heavy atom. The minimum atomic E-state index is -0.339. The standard InChI is InChI=1S/C14H19FN2OS/c1-4-17(8-10(3)13(16)19)14(18)12-6-5-11(15)7-9(12)2/h5-7,10H,4,8H2,1-3H3,(H2,16,19). The van der Waals surface area contributed by atoms with Gasteiger partial charge in [-0.3, -0.25) is 4.79 Å². The highest BCUT2D eigenvalue weighted by Crippen LogP contribution is 2.14. The van der Waals surface area contributed by atoms with Gasteiger partial charge in [-0.25, -0.2) is 4.39 Å². The molecule has 1 aromatic rings. The van der Waals surface area contributed by atoms with Gasteiger partial charge >= 0.3 is 0 Å². The fourth-order valence-electron chi connectivity index (χ4n) is 1.81. The Kier molecular flexibility index (Phi) is 5.42. The van der Waals surface area contributed by atoms with Gasteiger partial charge in [0.2, 0.25) is 0 Å². The molecule has 2 N–H and O–H groups in total. The zero-order chi connectivity index (χ0) is 14.6. The average Bonchev–Trinajstić information content (AvgIpc) is 2.34. The summed E-state index contributed by atoms with van der Waals surface area (Å²) in [6.07, 6.45) is 0. The van der Waals surface area contributed by atoms with Crippen LogP contribution in [0.1, 0.15) is 29.8 Å². The molecule has 19 heavy (non-hydrogen) atoms. The maximum Gasteiger partial charge on any atom is 0.254 e. The van der Waals surface area contributed by atoms with Crippen LogP contribution in [0.2, 0.25) is 0 Å². The SMILES string of the molecule is CCN(CC(C)C(N)=S)C(=O)c1ccc(F)cc1C. The molecule has 0 heterocycles. The summed E-state index contributed by atoms with van der Waals surface area (Å²) < 4.78 is 13.1. The minimum Gasteiger partial charge on any atom is -0.393 e. The van der Waals surface area contributed by atoms with E-state index in [1.807, 2.05) is 13.8 Å². The molecule has 3 nitrogen and oxygen atoms in total. The molecule has 0 aromatic heterocycles. The summed E-state index contributed by atoms with van der Waals surface area (Å²) in [4.78, 5) is 14.4. The van der Waals surface area contributed by atoms with Crippen molar-refractivity contribution in [2.45, 2.75) is 20.8 Å². The van der Waals surface area contributed by atoms with E-state index in [2.05, 4.69) is 0 Å². The zero-order valence-corrected chi connectivity index (χ0v) is 12.3. The van der Waals surface area contributed by atoms with Crippen LogP contribution < -0.4 is 5.73 Å². The van der Waals surface area contributed by atoms with Gasteiger partial charge in [0.25, 0.3) is 5.91 Å². The fourth-order valence-corrected chi connectivity index (χ4v) is 1.89. The summed E-state index contributed by atoms with van der Waals surface area (Å²) in [6, 6.07) is 4.17. The number of hydrogen-bond donors (Lipinski definition) is 1. The van der Waals surface area contributed by atoms with Crippen LogP contribution in [0, 0.1) is 18.7 Å². The van der Waals surface area contributed by atoms with Gasteiger partial charge in [-0.15, -0.1) is 0 Å². The molecule has 0 spiro atoms. The van der Waals surface area contributed by atoms with E-state index in [4.69, 9.17) is 18.0 Å². The first-order chi connectivity index (χ1) is 8.86. The van der Waals surface area contributed by atoms with Crippen molar-refractivity contribution in [2.24, 2.45) is 11.7 Å². The molecule has 1 amide bonds. The number of amides is 1. The van der Waals surface area contributed by atoms with E-state index in [1.165, 1.54) is 18.2 Å². The first kappa shape index (κ1) is 15.6. The largest absolute Gasteiger partial charge is 0.393 e. The highest BCUT2D eigenvalue weighted by molar-refractivity contribution is 7.80. The van der Waals surface area contributed by atoms with Crippen molar-refractivity contribution in [3.8, 4) is 0 Å². The second-order valence-corrected chi connectivity index (χ2v) is 5.08. The molecule has 0 aliphatic carbocycles. The van der Waals surface area contributed by atoms with Crippen LogP contribution in [-0.4, -0.2) is 28.9 Å². The second kappa shape index (κ2) is 6.61. The Bertz CT molecular complexity index is 490. The van der Waals surface area contributed by atoms with Crippen LogP contribution in [0.4, 0.5) is 4.39 Å². The van der Waals surface area contributed by atoms with Gasteiger partial charge in [-0.2, -0.15) is 0 Å². The molecule has 0 aliphatic heterocycles. The summed E-state index contributed by atoms with van der Waals surface area (Å²) in [7, 11) is 0. The topological polar surface area (TPSA) is 46.3 Å². The lowest BCUT2D eigenvalue weighted by Gasteiger charge is -2.24. The summed E-state index contributed by atoms with van der Waals surface area (Å²) in [6.45, 7) is 6.53. The smallest absolute Gasteiger partial charge is 0.254 e. The van der Waals surface area contributed by atoms with E-state index in [0.717, 1.165) is 0 Å². The normalized spacial score (nSPS) is 12.0. The maximum atomic E-state index is 13.1. The summed E-state index contributed by atoms with van der Waals surface area (Å²) in [5.74, 6) is -0.503. The Balaban J connectivity index is 2.92. The van der Waals surface area contributed by atoms with Gasteiger partial charge in [0, 0.05) is 24.6 Å². The molecule has 5 heteroatoms. The van der Waals surface area contributed by atoms with E-state index < -0.39 is 0 Å². The quantitative estimate of drug-likeness (QED) is 0.844. The lowest BCUT2D eigenvalue weighted by Crippen LogP contribution is -2.38. The van der Waals surface area contributed by atoms with Crippen LogP contribution in [0.25, 0.3) is 0 Å². The van der Waals surface area contributed by atoms with Gasteiger partial charge < -0.3 is 10.6 Å². The molecule has 0 saturated heterocycles. The molecule has 0 radical (unpaired) electrons. The molecule has 1 rings (SSSR count). The fraction of sp³-hybridized carbons (Fsp3) is 0.429. The third-order valence-electron chi connectivity index (χ3n) is 3.07. The number of thiocarbonyl (C=S) groups is 1. The Morgan fingerprint density at radius 3 is 2.63 bits per heavy atom. The molecule has 0 aliphatic rings. The van der Waals surface area contributed by atoms with Crippen molar-refractivity contribution in [1.82, 2.24) is 4.90 Å². The van der Waals surface area contributed by atoms with Crippen molar-refractivity contribution in [2.75, 3.05) is 13.1 Å². The number of hydrogen-bond acceptors (Lipinski definition) is 2. The average molecular weight is 282 g/mol. The molecular formula is C14H19FN2OS. The zero-order valence-electron chi connectivity index (χ0n) is 11.4. The highest BCUT2D eigenvalue weighted by atomic mass is 32.1. The lowest BCUT2D eigenvalue weighted by molar-refractivity contribution is 0.0754. The molecule has 1 unspecified atom stereocenters. The number of carbonyl (C=O) groups excluding carboxylic acids is 1. The molecular weight excluding hydrogens is 263 g/mol. The number of aryl methyl sites for hydroxylation is 1. The van der Waals surface area contributed by atoms with Gasteiger partial charge in [0.15, 0.2) is 0 Å². The van der Waals surface area contributed by atoms with E-state index in [0.29, 0.717) is 29.2 Å². The summed E-state index contributed by atoms with van der Waals surface area (Å²) >= 11 is 4.92. The Labute approximate surface area is 118 Å². The van der Waals surface area contributed by atoms with Crippen molar-refractivity contribution < 1.29 is 9.18 Å². The van der Waals surface area contributed by atoms with Crippen molar-refractivity contribution in [3.05, 3.63) is 35.1 Å². The number of nitrogens with two attached hydrogens (primary N) is 1. The van der Waals surface area contributed by atoms with Crippen LogP contribution in [0.5, 0.6) is 0 Å². The second-order valence-electron chi connectivity index (χ2n) is 4.61. The van der Waals surface area contributed by atoms with Gasteiger partial charge in [-0.05, 0) is 37.6 Å². The van der Waals surface area contributed by atoms with Crippen molar-refractivity contribution in [1.29, 1.82) is 0 Å². The molecule has 104 valence electrons. The van der Waals surface area contributed by atoms with E-state index in [9.17, 15) is 9.18 Å². The van der Waals surface area contributed by atoms with Crippen LogP contribution >= 0.6 is 12.2 Å². The summed E-state index contributed by atoms with van der Waals surface area (Å²) in [5, 5.41) is 0. The maximum absolute atomic E-state index is 13.1. The molecule has 0 saturated carbocycles. The Hall–Kier alpha value is -1.49. The van der Waals surface area contributed by atoms with Gasteiger partial charge in [-0.1, -0.05) is 19.1 Å². The van der Waals surface area contributed by atoms with Crippen molar-refractivity contribution >= 4 is 23.1 Å². The van der Waals surface area contributed by atoms with Crippen molar-refractivity contribution in [3.63, 3.8) is 0 Å². The number of nitrogens with zero attached hydrogens (tertiary/aromatic N) is 1. The third-order valence-corrected chi connectivity index (χ3v) is 3.47. The van der Waals surface area contributed by atoms with Gasteiger partial charge in [0.05, 0.1) is 4.99 Å². The monoisotopic (exact) mass is 282 g/mol. The van der Waals surface area contributed by atoms with E-state index >= 15 is 0 Å². The number of carbonyl (C=O) groups is 1. The van der Waals surface area contributed by atoms with E-state index in [1.54, 1.807) is 11.8 Å². The lowest BCUT2D eigenvalue weighted by atomic mass is 10.1. The van der Waals surface area contributed by atoms with Crippen LogP contribution in [0.15, 0.2) is 18.2 Å². The summed E-state index contributed by atoms with van der Waals surface area (Å²) in [5.41, 5.74) is 6.71. The first-order valence-corrected chi connectivity index (χ1v) is 6.62. The molecule has 1 aromatic carbocycles. The number of benzene rings is 1. The molecule has 1 atom stereocenters. The Morgan fingerprint density at radius 1 is 1.53 bits per heavy atom. The predicted octanol–water partition coefficient (Wildman–Crippen LogP) is 2.52. The minimum absolute atomic E-state index is 0.0420. The third kappa shape index (κ3) is 3.99. The van der Waals surface area contributed by atoms with Crippen LogP contribution in [0.3, 0.4) is 0 Å². The van der Waals surface area contributed by atoms with Gasteiger partial charge in [0.1, 0.15) is 5.82 Å². The number of rotatable bonds is 5. The van der Waals surface area contributed by atoms with E-state index in [-0.39, 0.29) is 17.6 Å². The molecule has 0 bridgehead atoms. The highest BCUT2D eigenvalue weighted by Gasteiger charge is 2.19. The predicted molar refractivity (Wildman–Crippen MR) is 78.7 cm³/mol. The molecule has 0 fully saturated rings.